The number of nitrogens with zero attached hydrogens (tertiary/aromatic N) is 1. The first kappa shape index (κ1) is 16.0. The fourth-order valence-electron chi connectivity index (χ4n) is 3.24. The van der Waals surface area contributed by atoms with Crippen molar-refractivity contribution < 1.29 is 0 Å². The molecule has 1 aliphatic heterocycles. The molecule has 2 rings (SSSR count). The van der Waals surface area contributed by atoms with E-state index in [4.69, 9.17) is 5.73 Å². The average molecular weight is 295 g/mol. The lowest BCUT2D eigenvalue weighted by Gasteiger charge is -2.44. The van der Waals surface area contributed by atoms with Crippen LogP contribution in [-0.4, -0.2) is 24.0 Å². The number of hydrogen-bond donors (Lipinski definition) is 1. The van der Waals surface area contributed by atoms with Crippen LogP contribution in [0.2, 0.25) is 0 Å². The molecular weight excluding hydrogens is 264 g/mol. The van der Waals surface area contributed by atoms with Crippen molar-refractivity contribution in [3.05, 3.63) is 21.9 Å². The smallest absolute Gasteiger partial charge is 0.0596 e. The molecule has 2 unspecified atom stereocenters. The molecule has 0 amide bonds. The van der Waals surface area contributed by atoms with Crippen LogP contribution in [0.25, 0.3) is 0 Å². The van der Waals surface area contributed by atoms with E-state index in [0.29, 0.717) is 11.5 Å². The normalized spacial score (nSPS) is 22.6. The molecule has 0 bridgehead atoms. The van der Waals surface area contributed by atoms with E-state index in [1.54, 1.807) is 0 Å². The fraction of sp³-hybridized carbons (Fsp3) is 0.765. The largest absolute Gasteiger partial charge is 0.326 e. The number of piperidine rings is 1. The highest BCUT2D eigenvalue weighted by atomic mass is 32.1. The zero-order chi connectivity index (χ0) is 14.8. The van der Waals surface area contributed by atoms with Crippen molar-refractivity contribution in [2.45, 2.75) is 65.5 Å². The van der Waals surface area contributed by atoms with E-state index in [1.165, 1.54) is 42.8 Å². The van der Waals surface area contributed by atoms with Crippen LogP contribution in [-0.2, 0) is 0 Å². The molecule has 114 valence electrons. The molecule has 0 saturated carbocycles. The van der Waals surface area contributed by atoms with E-state index >= 15 is 0 Å². The summed E-state index contributed by atoms with van der Waals surface area (Å²) in [6.07, 6.45) is 4.95. The van der Waals surface area contributed by atoms with Gasteiger partial charge in [-0.2, -0.15) is 0 Å². The number of rotatable bonds is 5. The van der Waals surface area contributed by atoms with Gasteiger partial charge in [-0.15, -0.1) is 11.3 Å². The predicted octanol–water partition coefficient (Wildman–Crippen LogP) is 4.35. The Kier molecular flexibility index (Phi) is 5.27. The first-order chi connectivity index (χ1) is 9.50. The second-order valence-electron chi connectivity index (χ2n) is 6.68. The molecule has 0 radical (unpaired) electrons. The van der Waals surface area contributed by atoms with Crippen molar-refractivity contribution in [2.24, 2.45) is 11.1 Å². The minimum Gasteiger partial charge on any atom is -0.326 e. The summed E-state index contributed by atoms with van der Waals surface area (Å²) in [5, 5.41) is 2.21. The van der Waals surface area contributed by atoms with Crippen LogP contribution in [0.15, 0.2) is 11.4 Å². The summed E-state index contributed by atoms with van der Waals surface area (Å²) in [4.78, 5) is 4.13. The molecule has 1 fully saturated rings. The lowest BCUT2D eigenvalue weighted by atomic mass is 9.77. The van der Waals surface area contributed by atoms with E-state index < -0.39 is 0 Å². The number of likely N-dealkylation sites (tertiary alicyclic amines) is 1. The number of aryl methyl sites for hydroxylation is 1. The van der Waals surface area contributed by atoms with Crippen molar-refractivity contribution in [1.82, 2.24) is 4.90 Å². The van der Waals surface area contributed by atoms with Gasteiger partial charge in [-0.25, -0.2) is 0 Å². The molecule has 2 atom stereocenters. The Hall–Kier alpha value is -0.380. The Morgan fingerprint density at radius 2 is 2.00 bits per heavy atom. The summed E-state index contributed by atoms with van der Waals surface area (Å²) in [6, 6.07) is 2.90. The van der Waals surface area contributed by atoms with E-state index in [0.717, 1.165) is 6.42 Å². The number of thiophene rings is 1. The van der Waals surface area contributed by atoms with Gasteiger partial charge in [0.05, 0.1) is 6.04 Å². The third-order valence-corrected chi connectivity index (χ3v) is 6.39. The molecular formula is C17H30N2S. The van der Waals surface area contributed by atoms with Gasteiger partial charge in [-0.05, 0) is 61.7 Å². The Balaban J connectivity index is 2.16. The van der Waals surface area contributed by atoms with Gasteiger partial charge in [0, 0.05) is 10.9 Å². The van der Waals surface area contributed by atoms with Crippen molar-refractivity contribution in [1.29, 1.82) is 0 Å². The fourth-order valence-corrected chi connectivity index (χ4v) is 4.37. The second kappa shape index (κ2) is 6.59. The Labute approximate surface area is 128 Å². The molecule has 1 saturated heterocycles. The van der Waals surface area contributed by atoms with E-state index in [1.807, 2.05) is 11.3 Å². The van der Waals surface area contributed by atoms with Gasteiger partial charge < -0.3 is 5.73 Å². The summed E-state index contributed by atoms with van der Waals surface area (Å²) in [5.41, 5.74) is 8.43. The highest BCUT2D eigenvalue weighted by molar-refractivity contribution is 7.10. The standard InChI is InChI=1S/C17H30N2S/c1-5-14(18)15(16-13(3)7-12-20-16)19-10-8-17(4,6-2)9-11-19/h7,12,14-15H,5-6,8-11,18H2,1-4H3. The van der Waals surface area contributed by atoms with Crippen molar-refractivity contribution in [3.8, 4) is 0 Å². The minimum atomic E-state index is 0.248. The predicted molar refractivity (Wildman–Crippen MR) is 89.3 cm³/mol. The van der Waals surface area contributed by atoms with Gasteiger partial charge in [0.2, 0.25) is 0 Å². The Morgan fingerprint density at radius 3 is 2.45 bits per heavy atom. The van der Waals surface area contributed by atoms with E-state index in [-0.39, 0.29) is 6.04 Å². The van der Waals surface area contributed by atoms with Gasteiger partial charge in [-0.1, -0.05) is 27.2 Å². The molecule has 2 heterocycles. The average Bonchev–Trinajstić information content (AvgIpc) is 2.87. The second-order valence-corrected chi connectivity index (χ2v) is 7.63. The summed E-state index contributed by atoms with van der Waals surface area (Å²) < 4.78 is 0. The Morgan fingerprint density at radius 1 is 1.35 bits per heavy atom. The summed E-state index contributed by atoms with van der Waals surface area (Å²) >= 11 is 1.88. The van der Waals surface area contributed by atoms with Crippen LogP contribution >= 0.6 is 11.3 Å². The maximum Gasteiger partial charge on any atom is 0.0596 e. The maximum absolute atomic E-state index is 6.47. The van der Waals surface area contributed by atoms with Crippen LogP contribution in [0, 0.1) is 12.3 Å². The number of nitrogens with two attached hydrogens (primary N) is 1. The van der Waals surface area contributed by atoms with Crippen LogP contribution in [0.5, 0.6) is 0 Å². The maximum atomic E-state index is 6.47. The topological polar surface area (TPSA) is 29.3 Å². The zero-order valence-electron chi connectivity index (χ0n) is 13.5. The summed E-state index contributed by atoms with van der Waals surface area (Å²) in [6.45, 7) is 11.6. The minimum absolute atomic E-state index is 0.248. The van der Waals surface area contributed by atoms with Crippen molar-refractivity contribution in [3.63, 3.8) is 0 Å². The van der Waals surface area contributed by atoms with Gasteiger partial charge in [-0.3, -0.25) is 4.90 Å². The molecule has 0 aliphatic carbocycles. The molecule has 1 aromatic rings. The third kappa shape index (κ3) is 3.26. The third-order valence-electron chi connectivity index (χ3n) is 5.30. The molecule has 1 aliphatic rings. The molecule has 0 aromatic carbocycles. The number of hydrogen-bond acceptors (Lipinski definition) is 3. The first-order valence-electron chi connectivity index (χ1n) is 8.04. The van der Waals surface area contributed by atoms with Crippen LogP contribution in [0.3, 0.4) is 0 Å². The quantitative estimate of drug-likeness (QED) is 0.875. The first-order valence-corrected chi connectivity index (χ1v) is 8.92. The lowest BCUT2D eigenvalue weighted by molar-refractivity contribution is 0.0704. The summed E-state index contributed by atoms with van der Waals surface area (Å²) in [7, 11) is 0. The lowest BCUT2D eigenvalue weighted by Crippen LogP contribution is -2.46. The highest BCUT2D eigenvalue weighted by Gasteiger charge is 2.34. The monoisotopic (exact) mass is 294 g/mol. The molecule has 0 spiro atoms. The Bertz CT molecular complexity index is 418. The van der Waals surface area contributed by atoms with Crippen LogP contribution < -0.4 is 5.73 Å². The van der Waals surface area contributed by atoms with E-state index in [2.05, 4.69) is 44.0 Å². The van der Waals surface area contributed by atoms with Crippen molar-refractivity contribution in [2.75, 3.05) is 13.1 Å². The van der Waals surface area contributed by atoms with Gasteiger partial charge in [0.15, 0.2) is 0 Å². The molecule has 2 N–H and O–H groups in total. The molecule has 1 aromatic heterocycles. The van der Waals surface area contributed by atoms with Gasteiger partial charge in [0.25, 0.3) is 0 Å². The van der Waals surface area contributed by atoms with E-state index in [9.17, 15) is 0 Å². The SMILES string of the molecule is CCC(N)C(c1sccc1C)N1CCC(C)(CC)CC1. The van der Waals surface area contributed by atoms with Crippen LogP contribution in [0.4, 0.5) is 0 Å². The summed E-state index contributed by atoms with van der Waals surface area (Å²) in [5.74, 6) is 0. The van der Waals surface area contributed by atoms with Crippen molar-refractivity contribution >= 4 is 11.3 Å². The molecule has 2 nitrogen and oxygen atoms in total. The van der Waals surface area contributed by atoms with Gasteiger partial charge in [0.1, 0.15) is 0 Å². The zero-order valence-corrected chi connectivity index (χ0v) is 14.3. The van der Waals surface area contributed by atoms with Crippen LogP contribution in [0.1, 0.15) is 62.9 Å². The van der Waals surface area contributed by atoms with Gasteiger partial charge >= 0.3 is 0 Å². The highest BCUT2D eigenvalue weighted by Crippen LogP contribution is 2.39. The molecule has 3 heteroatoms. The molecule has 20 heavy (non-hydrogen) atoms.